The van der Waals surface area contributed by atoms with Gasteiger partial charge in [-0.3, -0.25) is 10.8 Å². The lowest BCUT2D eigenvalue weighted by molar-refractivity contribution is 0.598. The Morgan fingerprint density at radius 1 is 1.39 bits per heavy atom. The summed E-state index contributed by atoms with van der Waals surface area (Å²) < 4.78 is 14.0. The van der Waals surface area contributed by atoms with Crippen molar-refractivity contribution >= 4 is 15.9 Å². The molecule has 1 aromatic carbocycles. The molecule has 1 unspecified atom stereocenters. The molecule has 5 heteroatoms. The average Bonchev–Trinajstić information content (AvgIpc) is 2.37. The van der Waals surface area contributed by atoms with Crippen molar-refractivity contribution in [3.8, 4) is 0 Å². The van der Waals surface area contributed by atoms with Gasteiger partial charge in [-0.25, -0.2) is 9.82 Å². The van der Waals surface area contributed by atoms with Crippen LogP contribution in [0.2, 0.25) is 0 Å². The fourth-order valence-corrected chi connectivity index (χ4v) is 2.08. The maximum Gasteiger partial charge on any atom is 0.137 e. The second kappa shape index (κ2) is 5.56. The van der Waals surface area contributed by atoms with Gasteiger partial charge in [0.05, 0.1) is 10.5 Å². The molecular formula is C13H13BrFN3. The molecule has 1 heterocycles. The van der Waals surface area contributed by atoms with Crippen LogP contribution in [0.3, 0.4) is 0 Å². The van der Waals surface area contributed by atoms with E-state index in [0.29, 0.717) is 4.47 Å². The molecule has 0 aliphatic carbocycles. The van der Waals surface area contributed by atoms with Crippen molar-refractivity contribution in [2.75, 3.05) is 0 Å². The third-order valence-electron chi connectivity index (χ3n) is 2.83. The standard InChI is InChI=1S/C13H13BrFN3/c1-8-4-5-17-7-10(8)13(18-16)9-2-3-11(14)12(15)6-9/h2-7,13,18H,16H2,1H3. The van der Waals surface area contributed by atoms with E-state index in [4.69, 9.17) is 5.84 Å². The monoisotopic (exact) mass is 309 g/mol. The first kappa shape index (κ1) is 13.1. The highest BCUT2D eigenvalue weighted by Gasteiger charge is 2.16. The summed E-state index contributed by atoms with van der Waals surface area (Å²) in [5, 5.41) is 0. The topological polar surface area (TPSA) is 50.9 Å². The number of halogens is 2. The van der Waals surface area contributed by atoms with Crippen molar-refractivity contribution in [2.45, 2.75) is 13.0 Å². The third kappa shape index (κ3) is 2.58. The van der Waals surface area contributed by atoms with Crippen LogP contribution in [0.15, 0.2) is 41.1 Å². The minimum atomic E-state index is -0.311. The largest absolute Gasteiger partial charge is 0.271 e. The summed E-state index contributed by atoms with van der Waals surface area (Å²) in [6.45, 7) is 1.97. The molecule has 0 spiro atoms. The number of rotatable bonds is 3. The van der Waals surface area contributed by atoms with Crippen LogP contribution >= 0.6 is 15.9 Å². The Kier molecular flexibility index (Phi) is 4.06. The summed E-state index contributed by atoms with van der Waals surface area (Å²) in [7, 11) is 0. The number of hydrogen-bond acceptors (Lipinski definition) is 3. The van der Waals surface area contributed by atoms with Crippen LogP contribution in [0.4, 0.5) is 4.39 Å². The van der Waals surface area contributed by atoms with Crippen molar-refractivity contribution in [2.24, 2.45) is 5.84 Å². The molecule has 0 amide bonds. The Labute approximate surface area is 113 Å². The van der Waals surface area contributed by atoms with Gasteiger partial charge in [0.2, 0.25) is 0 Å². The predicted molar refractivity (Wildman–Crippen MR) is 72.2 cm³/mol. The smallest absolute Gasteiger partial charge is 0.137 e. The van der Waals surface area contributed by atoms with E-state index < -0.39 is 0 Å². The van der Waals surface area contributed by atoms with E-state index in [1.807, 2.05) is 19.1 Å². The lowest BCUT2D eigenvalue weighted by Gasteiger charge is -2.18. The van der Waals surface area contributed by atoms with Crippen LogP contribution in [0.5, 0.6) is 0 Å². The van der Waals surface area contributed by atoms with Crippen molar-refractivity contribution in [1.29, 1.82) is 0 Å². The molecule has 0 bridgehead atoms. The van der Waals surface area contributed by atoms with E-state index in [9.17, 15) is 4.39 Å². The Morgan fingerprint density at radius 2 is 2.17 bits per heavy atom. The SMILES string of the molecule is Cc1ccncc1C(NN)c1ccc(Br)c(F)c1. The van der Waals surface area contributed by atoms with Crippen molar-refractivity contribution in [1.82, 2.24) is 10.4 Å². The van der Waals surface area contributed by atoms with E-state index in [0.717, 1.165) is 16.7 Å². The predicted octanol–water partition coefficient (Wildman–Crippen LogP) is 2.84. The molecule has 0 fully saturated rings. The molecule has 94 valence electrons. The summed E-state index contributed by atoms with van der Waals surface area (Å²) in [4.78, 5) is 4.08. The van der Waals surface area contributed by atoms with Crippen molar-refractivity contribution < 1.29 is 4.39 Å². The Balaban J connectivity index is 2.45. The zero-order valence-corrected chi connectivity index (χ0v) is 11.4. The number of benzene rings is 1. The first-order valence-corrected chi connectivity index (χ1v) is 6.24. The minimum absolute atomic E-state index is 0.277. The van der Waals surface area contributed by atoms with E-state index in [1.54, 1.807) is 18.5 Å². The summed E-state index contributed by atoms with van der Waals surface area (Å²) >= 11 is 3.13. The summed E-state index contributed by atoms with van der Waals surface area (Å²) in [6.07, 6.45) is 3.45. The van der Waals surface area contributed by atoms with Gasteiger partial charge < -0.3 is 0 Å². The highest BCUT2D eigenvalue weighted by atomic mass is 79.9. The minimum Gasteiger partial charge on any atom is -0.271 e. The number of nitrogens with zero attached hydrogens (tertiary/aromatic N) is 1. The van der Waals surface area contributed by atoms with Gasteiger partial charge >= 0.3 is 0 Å². The Bertz CT molecular complexity index is 560. The van der Waals surface area contributed by atoms with E-state index in [2.05, 4.69) is 26.3 Å². The van der Waals surface area contributed by atoms with Crippen LogP contribution in [0.25, 0.3) is 0 Å². The van der Waals surface area contributed by atoms with Crippen LogP contribution in [-0.4, -0.2) is 4.98 Å². The maximum absolute atomic E-state index is 13.6. The highest BCUT2D eigenvalue weighted by Crippen LogP contribution is 2.26. The molecule has 0 radical (unpaired) electrons. The van der Waals surface area contributed by atoms with Crippen molar-refractivity contribution in [3.05, 3.63) is 63.6 Å². The Hall–Kier alpha value is -1.30. The molecule has 0 aliphatic rings. The zero-order valence-electron chi connectivity index (χ0n) is 9.82. The molecule has 0 saturated carbocycles. The molecule has 2 aromatic rings. The number of aromatic nitrogens is 1. The highest BCUT2D eigenvalue weighted by molar-refractivity contribution is 9.10. The second-order valence-electron chi connectivity index (χ2n) is 4.01. The number of hydrazine groups is 1. The second-order valence-corrected chi connectivity index (χ2v) is 4.86. The molecule has 1 aromatic heterocycles. The quantitative estimate of drug-likeness (QED) is 0.677. The van der Waals surface area contributed by atoms with Gasteiger partial charge in [0.15, 0.2) is 0 Å². The number of hydrogen-bond donors (Lipinski definition) is 2. The third-order valence-corrected chi connectivity index (χ3v) is 3.48. The Morgan fingerprint density at radius 3 is 2.78 bits per heavy atom. The maximum atomic E-state index is 13.6. The number of pyridine rings is 1. The molecule has 3 N–H and O–H groups in total. The van der Waals surface area contributed by atoms with Crippen molar-refractivity contribution in [3.63, 3.8) is 0 Å². The fourth-order valence-electron chi connectivity index (χ4n) is 1.84. The summed E-state index contributed by atoms with van der Waals surface area (Å²) in [6, 6.07) is 6.57. The zero-order chi connectivity index (χ0) is 13.1. The first-order chi connectivity index (χ1) is 8.63. The molecule has 18 heavy (non-hydrogen) atoms. The van der Waals surface area contributed by atoms with Crippen LogP contribution in [0, 0.1) is 12.7 Å². The molecule has 2 rings (SSSR count). The van der Waals surface area contributed by atoms with E-state index in [1.165, 1.54) is 6.07 Å². The van der Waals surface area contributed by atoms with Gasteiger partial charge in [0.1, 0.15) is 5.82 Å². The number of nitrogens with two attached hydrogens (primary N) is 1. The van der Waals surface area contributed by atoms with Crippen LogP contribution in [0.1, 0.15) is 22.7 Å². The van der Waals surface area contributed by atoms with Crippen LogP contribution < -0.4 is 11.3 Å². The van der Waals surface area contributed by atoms with Gasteiger partial charge in [-0.1, -0.05) is 6.07 Å². The molecule has 0 saturated heterocycles. The van der Waals surface area contributed by atoms with Gasteiger partial charge in [-0.15, -0.1) is 0 Å². The average molecular weight is 310 g/mol. The molecular weight excluding hydrogens is 297 g/mol. The lowest BCUT2D eigenvalue weighted by Crippen LogP contribution is -2.29. The lowest BCUT2D eigenvalue weighted by atomic mass is 9.97. The molecule has 3 nitrogen and oxygen atoms in total. The van der Waals surface area contributed by atoms with Crippen LogP contribution in [-0.2, 0) is 0 Å². The van der Waals surface area contributed by atoms with E-state index >= 15 is 0 Å². The summed E-state index contributed by atoms with van der Waals surface area (Å²) in [5.74, 6) is 5.27. The van der Waals surface area contributed by atoms with Gasteiger partial charge in [0, 0.05) is 12.4 Å². The molecule has 0 aliphatic heterocycles. The normalized spacial score (nSPS) is 12.4. The van der Waals surface area contributed by atoms with Gasteiger partial charge in [0.25, 0.3) is 0 Å². The summed E-state index contributed by atoms with van der Waals surface area (Å²) in [5.41, 5.74) is 5.44. The first-order valence-electron chi connectivity index (χ1n) is 5.45. The molecule has 1 atom stereocenters. The van der Waals surface area contributed by atoms with Gasteiger partial charge in [-0.05, 0) is 57.7 Å². The fraction of sp³-hybridized carbons (Fsp3) is 0.154. The number of nitrogens with one attached hydrogen (secondary N) is 1. The number of aryl methyl sites for hydroxylation is 1. The van der Waals surface area contributed by atoms with Gasteiger partial charge in [-0.2, -0.15) is 0 Å². The van der Waals surface area contributed by atoms with E-state index in [-0.39, 0.29) is 11.9 Å².